The number of H-pyrrole nitrogens is 2. The van der Waals surface area contributed by atoms with Crippen LogP contribution in [0.4, 0.5) is 4.39 Å². The molecule has 1 aromatic carbocycles. The summed E-state index contributed by atoms with van der Waals surface area (Å²) in [5, 5.41) is 12.0. The summed E-state index contributed by atoms with van der Waals surface area (Å²) < 4.78 is 27.0. The van der Waals surface area contributed by atoms with Gasteiger partial charge in [0.25, 0.3) is 0 Å². The standard InChI is InChI=1S/C35H35FN8O2/c36-24-15-22(16-26(18-24)45-14-13-44-11-1-2-12-44)33-28-19-32(40-30(28)7-10-39-33)35-34-31(42-43-35)4-3-29(41-34)23-17-27(21-38-20-23)46-25-5-8-37-9-6-25/h3-4,7,10,15-21,25,37,40H,1-2,5-6,8-9,11-14H2,(H,42,43). The number of halogens is 1. The zero-order valence-electron chi connectivity index (χ0n) is 25.4. The third-order valence-electron chi connectivity index (χ3n) is 8.83. The van der Waals surface area contributed by atoms with Gasteiger partial charge in [-0.3, -0.25) is 20.0 Å². The SMILES string of the molecule is Fc1cc(OCCN2CCCC2)cc(-c2nccc3[nH]c(-c4n[nH]c5ccc(-c6cncc(OC7CCNCC7)c6)nc45)cc23)c1. The Morgan fingerprint density at radius 1 is 0.891 bits per heavy atom. The average Bonchev–Trinajstić information content (AvgIpc) is 3.85. The van der Waals surface area contributed by atoms with Crippen LogP contribution in [0.15, 0.2) is 67.1 Å². The molecule has 0 saturated carbocycles. The minimum Gasteiger partial charge on any atom is -0.492 e. The molecule has 2 fully saturated rings. The number of aromatic amines is 2. The Labute approximate surface area is 265 Å². The van der Waals surface area contributed by atoms with Gasteiger partial charge in [0.1, 0.15) is 41.2 Å². The van der Waals surface area contributed by atoms with E-state index in [1.54, 1.807) is 18.6 Å². The Morgan fingerprint density at radius 3 is 2.65 bits per heavy atom. The summed E-state index contributed by atoms with van der Waals surface area (Å²) >= 11 is 0. The zero-order valence-corrected chi connectivity index (χ0v) is 25.4. The number of likely N-dealkylation sites (tertiary alicyclic amines) is 1. The fourth-order valence-electron chi connectivity index (χ4n) is 6.47. The van der Waals surface area contributed by atoms with Crippen LogP contribution in [0.3, 0.4) is 0 Å². The Hall–Kier alpha value is -4.87. The van der Waals surface area contributed by atoms with E-state index in [0.717, 1.165) is 90.2 Å². The predicted octanol–water partition coefficient (Wildman–Crippen LogP) is 5.97. The number of hydrogen-bond acceptors (Lipinski definition) is 8. The van der Waals surface area contributed by atoms with Gasteiger partial charge in [0.2, 0.25) is 0 Å². The number of benzene rings is 1. The van der Waals surface area contributed by atoms with Crippen molar-refractivity contribution in [3.8, 4) is 45.4 Å². The molecule has 8 rings (SSSR count). The first-order valence-electron chi connectivity index (χ1n) is 16.0. The van der Waals surface area contributed by atoms with E-state index in [9.17, 15) is 4.39 Å². The third kappa shape index (κ3) is 5.91. The van der Waals surface area contributed by atoms with Crippen LogP contribution >= 0.6 is 0 Å². The van der Waals surface area contributed by atoms with Crippen LogP contribution in [0.25, 0.3) is 55.8 Å². The van der Waals surface area contributed by atoms with Crippen molar-refractivity contribution in [3.63, 3.8) is 0 Å². The maximum Gasteiger partial charge on any atom is 0.138 e. The van der Waals surface area contributed by atoms with Gasteiger partial charge in [-0.05, 0) is 94.3 Å². The lowest BCUT2D eigenvalue weighted by Gasteiger charge is -2.23. The number of ether oxygens (including phenoxy) is 2. The molecule has 10 nitrogen and oxygen atoms in total. The molecule has 0 spiro atoms. The number of aromatic nitrogens is 6. The number of rotatable bonds is 9. The Kier molecular flexibility index (Phi) is 7.77. The first-order valence-corrected chi connectivity index (χ1v) is 16.0. The summed E-state index contributed by atoms with van der Waals surface area (Å²) in [6.45, 7) is 5.46. The molecule has 2 saturated heterocycles. The largest absolute Gasteiger partial charge is 0.492 e. The average molecular weight is 619 g/mol. The van der Waals surface area contributed by atoms with E-state index >= 15 is 0 Å². The van der Waals surface area contributed by atoms with Crippen molar-refractivity contribution in [2.24, 2.45) is 0 Å². The van der Waals surface area contributed by atoms with E-state index in [4.69, 9.17) is 14.5 Å². The molecule has 46 heavy (non-hydrogen) atoms. The minimum atomic E-state index is -0.363. The summed E-state index contributed by atoms with van der Waals surface area (Å²) in [6.07, 6.45) is 9.86. The van der Waals surface area contributed by atoms with Gasteiger partial charge in [0.15, 0.2) is 0 Å². The number of pyridine rings is 3. The van der Waals surface area contributed by atoms with Crippen LogP contribution in [0, 0.1) is 5.82 Å². The molecular weight excluding hydrogens is 583 g/mol. The number of hydrogen-bond donors (Lipinski definition) is 3. The van der Waals surface area contributed by atoms with E-state index in [1.165, 1.54) is 25.0 Å². The summed E-state index contributed by atoms with van der Waals surface area (Å²) in [4.78, 5) is 19.9. The maximum absolute atomic E-state index is 14.8. The lowest BCUT2D eigenvalue weighted by Crippen LogP contribution is -2.34. The second-order valence-electron chi connectivity index (χ2n) is 12.0. The van der Waals surface area contributed by atoms with E-state index in [1.807, 2.05) is 36.4 Å². The highest BCUT2D eigenvalue weighted by atomic mass is 19.1. The highest BCUT2D eigenvalue weighted by molar-refractivity contribution is 5.99. The molecule has 3 N–H and O–H groups in total. The molecule has 0 bridgehead atoms. The van der Waals surface area contributed by atoms with Crippen LogP contribution in [-0.4, -0.2) is 80.5 Å². The van der Waals surface area contributed by atoms with Gasteiger partial charge in [-0.1, -0.05) is 0 Å². The van der Waals surface area contributed by atoms with E-state index in [0.29, 0.717) is 29.3 Å². The second-order valence-corrected chi connectivity index (χ2v) is 12.0. The Balaban J connectivity index is 1.08. The number of fused-ring (bicyclic) bond motifs is 2. The van der Waals surface area contributed by atoms with Crippen molar-refractivity contribution in [1.29, 1.82) is 0 Å². The second kappa shape index (κ2) is 12.5. The van der Waals surface area contributed by atoms with Gasteiger partial charge in [-0.25, -0.2) is 9.37 Å². The lowest BCUT2D eigenvalue weighted by molar-refractivity contribution is 0.162. The highest BCUT2D eigenvalue weighted by Gasteiger charge is 2.19. The maximum atomic E-state index is 14.8. The van der Waals surface area contributed by atoms with Crippen molar-refractivity contribution in [1.82, 2.24) is 40.3 Å². The normalized spacial score (nSPS) is 16.0. The molecule has 2 aliphatic rings. The fourth-order valence-corrected chi connectivity index (χ4v) is 6.47. The third-order valence-corrected chi connectivity index (χ3v) is 8.83. The first-order chi connectivity index (χ1) is 22.7. The minimum absolute atomic E-state index is 0.182. The quantitative estimate of drug-likeness (QED) is 0.181. The molecule has 7 heterocycles. The Bertz CT molecular complexity index is 1990. The topological polar surface area (TPSA) is 117 Å². The first kappa shape index (κ1) is 28.6. The van der Waals surface area contributed by atoms with Crippen LogP contribution in [0.2, 0.25) is 0 Å². The predicted molar refractivity (Wildman–Crippen MR) is 175 cm³/mol. The molecule has 0 atom stereocenters. The number of nitrogens with one attached hydrogen (secondary N) is 3. The van der Waals surface area contributed by atoms with Crippen molar-refractivity contribution < 1.29 is 13.9 Å². The van der Waals surface area contributed by atoms with Crippen molar-refractivity contribution in [3.05, 3.63) is 72.9 Å². The molecule has 234 valence electrons. The van der Waals surface area contributed by atoms with Crippen molar-refractivity contribution >= 4 is 21.9 Å². The zero-order chi connectivity index (χ0) is 30.9. The summed E-state index contributed by atoms with van der Waals surface area (Å²) in [5.41, 5.74) is 6.81. The van der Waals surface area contributed by atoms with Crippen LogP contribution < -0.4 is 14.8 Å². The lowest BCUT2D eigenvalue weighted by atomic mass is 10.1. The van der Waals surface area contributed by atoms with Gasteiger partial charge in [0.05, 0.1) is 28.8 Å². The summed E-state index contributed by atoms with van der Waals surface area (Å²) in [7, 11) is 0. The van der Waals surface area contributed by atoms with E-state index < -0.39 is 0 Å². The van der Waals surface area contributed by atoms with Gasteiger partial charge >= 0.3 is 0 Å². The van der Waals surface area contributed by atoms with Crippen molar-refractivity contribution in [2.75, 3.05) is 39.3 Å². The summed E-state index contributed by atoms with van der Waals surface area (Å²) in [6, 6.07) is 14.6. The molecule has 0 radical (unpaired) electrons. The highest BCUT2D eigenvalue weighted by Crippen LogP contribution is 2.35. The van der Waals surface area contributed by atoms with Crippen LogP contribution in [-0.2, 0) is 0 Å². The molecule has 2 aliphatic heterocycles. The number of nitrogens with zero attached hydrogens (tertiary/aromatic N) is 5. The van der Waals surface area contributed by atoms with Crippen LogP contribution in [0.1, 0.15) is 25.7 Å². The van der Waals surface area contributed by atoms with Crippen molar-refractivity contribution in [2.45, 2.75) is 31.8 Å². The summed E-state index contributed by atoms with van der Waals surface area (Å²) in [5.74, 6) is 0.878. The van der Waals surface area contributed by atoms with Gasteiger partial charge in [0, 0.05) is 47.0 Å². The molecular formula is C35H35FN8O2. The molecule has 0 amide bonds. The van der Waals surface area contributed by atoms with Gasteiger partial charge < -0.3 is 19.8 Å². The van der Waals surface area contributed by atoms with E-state index in [2.05, 4.69) is 35.4 Å². The van der Waals surface area contributed by atoms with Gasteiger partial charge in [-0.2, -0.15) is 5.10 Å². The molecule has 0 aliphatic carbocycles. The van der Waals surface area contributed by atoms with Crippen LogP contribution in [0.5, 0.6) is 11.5 Å². The Morgan fingerprint density at radius 2 is 1.76 bits per heavy atom. The molecule has 11 heteroatoms. The molecule has 5 aromatic heterocycles. The molecule has 6 aromatic rings. The molecule has 0 unspecified atom stereocenters. The smallest absolute Gasteiger partial charge is 0.138 e. The van der Waals surface area contributed by atoms with E-state index in [-0.39, 0.29) is 11.9 Å². The van der Waals surface area contributed by atoms with Gasteiger partial charge in [-0.15, -0.1) is 0 Å². The fraction of sp³-hybridized carbons (Fsp3) is 0.314. The monoisotopic (exact) mass is 618 g/mol. The number of piperidine rings is 1.